The molecule has 0 saturated carbocycles. The highest BCUT2D eigenvalue weighted by Crippen LogP contribution is 2.29. The quantitative estimate of drug-likeness (QED) is 0.908. The van der Waals surface area contributed by atoms with Crippen LogP contribution in [0.3, 0.4) is 0 Å². The van der Waals surface area contributed by atoms with Gasteiger partial charge in [-0.15, -0.1) is 0 Å². The average Bonchev–Trinajstić information content (AvgIpc) is 2.54. The van der Waals surface area contributed by atoms with Gasteiger partial charge in [0.05, 0.1) is 0 Å². The Balaban J connectivity index is 2.09. The first-order chi connectivity index (χ1) is 11.8. The Morgan fingerprint density at radius 1 is 1.12 bits per heavy atom. The van der Waals surface area contributed by atoms with Gasteiger partial charge in [0.1, 0.15) is 6.54 Å². The van der Waals surface area contributed by atoms with Gasteiger partial charge < -0.3 is 10.2 Å². The number of amides is 2. The van der Waals surface area contributed by atoms with Crippen LogP contribution >= 0.6 is 0 Å². The van der Waals surface area contributed by atoms with E-state index in [0.29, 0.717) is 6.54 Å². The molecule has 1 heterocycles. The van der Waals surface area contributed by atoms with Gasteiger partial charge in [0, 0.05) is 31.5 Å². The van der Waals surface area contributed by atoms with Crippen molar-refractivity contribution in [2.45, 2.75) is 39.7 Å². The van der Waals surface area contributed by atoms with Crippen molar-refractivity contribution < 1.29 is 9.59 Å². The second-order valence-corrected chi connectivity index (χ2v) is 7.08. The number of aromatic nitrogens is 1. The molecule has 1 N–H and O–H groups in total. The van der Waals surface area contributed by atoms with Crippen LogP contribution in [0, 0.1) is 0 Å². The number of hydrogen-bond acceptors (Lipinski definition) is 3. The maximum atomic E-state index is 12.5. The van der Waals surface area contributed by atoms with Crippen LogP contribution < -0.4 is 5.32 Å². The minimum absolute atomic E-state index is 0.00268. The van der Waals surface area contributed by atoms with Gasteiger partial charge >= 0.3 is 0 Å². The first-order valence-corrected chi connectivity index (χ1v) is 8.31. The Labute approximate surface area is 149 Å². The number of rotatable bonds is 5. The largest absolute Gasteiger partial charge is 0.329 e. The zero-order chi connectivity index (χ0) is 18.4. The van der Waals surface area contributed by atoms with Crippen LogP contribution in [-0.4, -0.2) is 28.2 Å². The molecule has 0 saturated heterocycles. The fourth-order valence-electron chi connectivity index (χ4n) is 2.60. The molecule has 2 rings (SSSR count). The van der Waals surface area contributed by atoms with Crippen LogP contribution in [0.2, 0.25) is 0 Å². The summed E-state index contributed by atoms with van der Waals surface area (Å²) in [7, 11) is 0. The van der Waals surface area contributed by atoms with Crippen molar-refractivity contribution in [3.05, 3.63) is 59.9 Å². The van der Waals surface area contributed by atoms with Crippen molar-refractivity contribution in [1.82, 2.24) is 9.88 Å². The molecule has 0 aliphatic rings. The molecule has 0 atom stereocenters. The zero-order valence-corrected chi connectivity index (χ0v) is 15.2. The average molecular weight is 339 g/mol. The van der Waals surface area contributed by atoms with Crippen LogP contribution in [0.5, 0.6) is 0 Å². The number of nitrogens with zero attached hydrogens (tertiary/aromatic N) is 2. The number of anilines is 1. The lowest BCUT2D eigenvalue weighted by Gasteiger charge is -2.24. The van der Waals surface area contributed by atoms with Gasteiger partial charge in [-0.3, -0.25) is 14.6 Å². The molecular formula is C20H25N3O2. The molecule has 5 heteroatoms. The molecule has 2 aromatic rings. The topological polar surface area (TPSA) is 62.3 Å². The number of pyridine rings is 1. The number of carbonyl (C=O) groups is 2. The minimum Gasteiger partial charge on any atom is -0.329 e. The Hall–Kier alpha value is -2.69. The van der Waals surface area contributed by atoms with Gasteiger partial charge in [-0.2, -0.15) is 0 Å². The third kappa shape index (κ3) is 5.41. The molecule has 0 fully saturated rings. The SMILES string of the molecule is CC(=O)N(CC(=O)Nc1ccccc1C(C)(C)C)Cc1cccnc1. The summed E-state index contributed by atoms with van der Waals surface area (Å²) in [5, 5.41) is 2.94. The molecule has 0 aliphatic carbocycles. The Kier molecular flexibility index (Phi) is 5.91. The smallest absolute Gasteiger partial charge is 0.244 e. The van der Waals surface area contributed by atoms with Gasteiger partial charge in [-0.1, -0.05) is 45.0 Å². The highest BCUT2D eigenvalue weighted by atomic mass is 16.2. The van der Waals surface area contributed by atoms with Gasteiger partial charge in [0.25, 0.3) is 0 Å². The van der Waals surface area contributed by atoms with Crippen molar-refractivity contribution >= 4 is 17.5 Å². The summed E-state index contributed by atoms with van der Waals surface area (Å²) in [6.45, 7) is 8.12. The van der Waals surface area contributed by atoms with Crippen molar-refractivity contribution in [3.63, 3.8) is 0 Å². The zero-order valence-electron chi connectivity index (χ0n) is 15.2. The maximum Gasteiger partial charge on any atom is 0.244 e. The Bertz CT molecular complexity index is 736. The lowest BCUT2D eigenvalue weighted by molar-refractivity contribution is -0.133. The van der Waals surface area contributed by atoms with Crippen molar-refractivity contribution in [2.24, 2.45) is 0 Å². The summed E-state index contributed by atoms with van der Waals surface area (Å²) in [6.07, 6.45) is 3.38. The number of hydrogen-bond donors (Lipinski definition) is 1. The maximum absolute atomic E-state index is 12.5. The van der Waals surface area contributed by atoms with E-state index >= 15 is 0 Å². The third-order valence-electron chi connectivity index (χ3n) is 3.89. The van der Waals surface area contributed by atoms with E-state index in [1.165, 1.54) is 11.8 Å². The molecule has 1 aromatic carbocycles. The van der Waals surface area contributed by atoms with E-state index < -0.39 is 0 Å². The van der Waals surface area contributed by atoms with E-state index in [1.54, 1.807) is 12.4 Å². The normalized spacial score (nSPS) is 11.0. The van der Waals surface area contributed by atoms with E-state index in [4.69, 9.17) is 0 Å². The summed E-state index contributed by atoms with van der Waals surface area (Å²) in [4.78, 5) is 29.9. The molecule has 132 valence electrons. The summed E-state index contributed by atoms with van der Waals surface area (Å²) in [6, 6.07) is 11.4. The lowest BCUT2D eigenvalue weighted by Crippen LogP contribution is -2.36. The van der Waals surface area contributed by atoms with E-state index in [2.05, 4.69) is 31.1 Å². The molecule has 0 spiro atoms. The van der Waals surface area contributed by atoms with E-state index in [-0.39, 0.29) is 23.8 Å². The van der Waals surface area contributed by atoms with Crippen molar-refractivity contribution in [1.29, 1.82) is 0 Å². The minimum atomic E-state index is -0.212. The molecule has 2 amide bonds. The first-order valence-electron chi connectivity index (χ1n) is 8.31. The van der Waals surface area contributed by atoms with E-state index in [0.717, 1.165) is 16.8 Å². The van der Waals surface area contributed by atoms with E-state index in [9.17, 15) is 9.59 Å². The van der Waals surface area contributed by atoms with Gasteiger partial charge in [0.2, 0.25) is 11.8 Å². The molecule has 0 aliphatic heterocycles. The predicted octanol–water partition coefficient (Wildman–Crippen LogP) is 3.37. The molecule has 0 bridgehead atoms. The second kappa shape index (κ2) is 7.92. The summed E-state index contributed by atoms with van der Waals surface area (Å²) in [5.41, 5.74) is 2.65. The number of para-hydroxylation sites is 1. The van der Waals surface area contributed by atoms with E-state index in [1.807, 2.05) is 36.4 Å². The van der Waals surface area contributed by atoms with Crippen LogP contribution in [0.25, 0.3) is 0 Å². The van der Waals surface area contributed by atoms with Gasteiger partial charge in [0.15, 0.2) is 0 Å². The molecule has 5 nitrogen and oxygen atoms in total. The highest BCUT2D eigenvalue weighted by molar-refractivity contribution is 5.95. The fraction of sp³-hybridized carbons (Fsp3) is 0.350. The molecule has 1 aromatic heterocycles. The van der Waals surface area contributed by atoms with Gasteiger partial charge in [-0.25, -0.2) is 0 Å². The number of nitrogens with one attached hydrogen (secondary N) is 1. The molecule has 25 heavy (non-hydrogen) atoms. The second-order valence-electron chi connectivity index (χ2n) is 7.08. The number of carbonyl (C=O) groups excluding carboxylic acids is 2. The lowest BCUT2D eigenvalue weighted by atomic mass is 9.86. The number of benzene rings is 1. The Morgan fingerprint density at radius 2 is 1.84 bits per heavy atom. The van der Waals surface area contributed by atoms with Crippen LogP contribution in [0.1, 0.15) is 38.8 Å². The summed E-state index contributed by atoms with van der Waals surface area (Å²) < 4.78 is 0. The first kappa shape index (κ1) is 18.6. The van der Waals surface area contributed by atoms with Crippen LogP contribution in [0.4, 0.5) is 5.69 Å². The highest BCUT2D eigenvalue weighted by Gasteiger charge is 2.20. The predicted molar refractivity (Wildman–Crippen MR) is 99.1 cm³/mol. The van der Waals surface area contributed by atoms with Crippen LogP contribution in [-0.2, 0) is 21.5 Å². The van der Waals surface area contributed by atoms with Crippen molar-refractivity contribution in [2.75, 3.05) is 11.9 Å². The fourth-order valence-corrected chi connectivity index (χ4v) is 2.60. The summed E-state index contributed by atoms with van der Waals surface area (Å²) in [5.74, 6) is -0.362. The molecule has 0 radical (unpaired) electrons. The summed E-state index contributed by atoms with van der Waals surface area (Å²) >= 11 is 0. The standard InChI is InChI=1S/C20H25N3O2/c1-15(24)23(13-16-8-7-11-21-12-16)14-19(25)22-18-10-6-5-9-17(18)20(2,3)4/h5-12H,13-14H2,1-4H3,(H,22,25). The third-order valence-corrected chi connectivity index (χ3v) is 3.89. The molecule has 0 unspecified atom stereocenters. The monoisotopic (exact) mass is 339 g/mol. The van der Waals surface area contributed by atoms with Crippen molar-refractivity contribution in [3.8, 4) is 0 Å². The molecular weight excluding hydrogens is 314 g/mol. The Morgan fingerprint density at radius 3 is 2.44 bits per heavy atom. The van der Waals surface area contributed by atoms with Gasteiger partial charge in [-0.05, 0) is 28.7 Å². The van der Waals surface area contributed by atoms with Crippen LogP contribution in [0.15, 0.2) is 48.8 Å².